The Kier molecular flexibility index (Phi) is 2.75. The standard InChI is InChI=1S/C7H14O4S/c1-3-7(5-10-6-7)11-12(8,9)4-2/h3-6H2,1-2H3. The van der Waals surface area contributed by atoms with Crippen LogP contribution in [0.25, 0.3) is 0 Å². The Morgan fingerprint density at radius 1 is 1.42 bits per heavy atom. The van der Waals surface area contributed by atoms with Gasteiger partial charge in [0.15, 0.2) is 0 Å². The van der Waals surface area contributed by atoms with E-state index >= 15 is 0 Å². The maximum Gasteiger partial charge on any atom is 0.267 e. The predicted molar refractivity (Wildman–Crippen MR) is 44.4 cm³/mol. The van der Waals surface area contributed by atoms with Gasteiger partial charge in [-0.25, -0.2) is 0 Å². The molecule has 0 atom stereocenters. The largest absolute Gasteiger partial charge is 0.375 e. The van der Waals surface area contributed by atoms with Crippen LogP contribution in [-0.4, -0.2) is 33.0 Å². The van der Waals surface area contributed by atoms with E-state index in [1.165, 1.54) is 0 Å². The molecule has 0 N–H and O–H groups in total. The molecule has 1 saturated heterocycles. The molecule has 0 aromatic carbocycles. The highest BCUT2D eigenvalue weighted by Crippen LogP contribution is 2.27. The molecular formula is C7H14O4S. The Labute approximate surface area is 73.0 Å². The van der Waals surface area contributed by atoms with Crippen LogP contribution >= 0.6 is 0 Å². The first-order valence-electron chi connectivity index (χ1n) is 4.05. The van der Waals surface area contributed by atoms with Gasteiger partial charge in [0.25, 0.3) is 10.1 Å². The minimum atomic E-state index is -3.33. The SMILES string of the molecule is CCC1(OS(=O)(=O)CC)COC1. The summed E-state index contributed by atoms with van der Waals surface area (Å²) in [7, 11) is -3.33. The molecule has 5 heteroatoms. The number of hydrogen-bond donors (Lipinski definition) is 0. The molecule has 0 bridgehead atoms. The van der Waals surface area contributed by atoms with Crippen LogP contribution in [0.2, 0.25) is 0 Å². The van der Waals surface area contributed by atoms with Gasteiger partial charge in [-0.05, 0) is 13.3 Å². The highest BCUT2D eigenvalue weighted by molar-refractivity contribution is 7.86. The summed E-state index contributed by atoms with van der Waals surface area (Å²) < 4.78 is 32.1. The lowest BCUT2D eigenvalue weighted by molar-refractivity contribution is -0.159. The van der Waals surface area contributed by atoms with Crippen LogP contribution in [0.4, 0.5) is 0 Å². The van der Waals surface area contributed by atoms with Crippen molar-refractivity contribution in [2.45, 2.75) is 25.9 Å². The molecule has 0 radical (unpaired) electrons. The van der Waals surface area contributed by atoms with Crippen LogP contribution in [0, 0.1) is 0 Å². The summed E-state index contributed by atoms with van der Waals surface area (Å²) in [5.74, 6) is 0.0226. The van der Waals surface area contributed by atoms with Crippen LogP contribution in [0.15, 0.2) is 0 Å². The highest BCUT2D eigenvalue weighted by Gasteiger charge is 2.41. The average molecular weight is 194 g/mol. The molecule has 0 amide bonds. The first-order valence-corrected chi connectivity index (χ1v) is 5.62. The summed E-state index contributed by atoms with van der Waals surface area (Å²) in [6.45, 7) is 4.25. The number of rotatable bonds is 4. The molecule has 1 rings (SSSR count). The molecule has 0 spiro atoms. The fourth-order valence-electron chi connectivity index (χ4n) is 0.969. The maximum absolute atomic E-state index is 11.1. The lowest BCUT2D eigenvalue weighted by Gasteiger charge is -2.39. The van der Waals surface area contributed by atoms with Gasteiger partial charge in [-0.3, -0.25) is 4.18 Å². The normalized spacial score (nSPS) is 21.8. The first kappa shape index (κ1) is 9.95. The van der Waals surface area contributed by atoms with Crippen LogP contribution in [-0.2, 0) is 19.0 Å². The van der Waals surface area contributed by atoms with Crippen molar-refractivity contribution in [1.29, 1.82) is 0 Å². The lowest BCUT2D eigenvalue weighted by atomic mass is 10.00. The molecule has 1 aliphatic rings. The van der Waals surface area contributed by atoms with E-state index in [4.69, 9.17) is 8.92 Å². The van der Waals surface area contributed by atoms with E-state index in [9.17, 15) is 8.42 Å². The van der Waals surface area contributed by atoms with Crippen molar-refractivity contribution in [2.24, 2.45) is 0 Å². The third-order valence-electron chi connectivity index (χ3n) is 2.03. The molecule has 72 valence electrons. The molecule has 0 aromatic rings. The summed E-state index contributed by atoms with van der Waals surface area (Å²) in [5, 5.41) is 0. The van der Waals surface area contributed by atoms with E-state index < -0.39 is 15.7 Å². The molecule has 0 saturated carbocycles. The second-order valence-corrected chi connectivity index (χ2v) is 4.82. The van der Waals surface area contributed by atoms with Crippen LogP contribution in [0.3, 0.4) is 0 Å². The third-order valence-corrected chi connectivity index (χ3v) is 3.35. The van der Waals surface area contributed by atoms with Gasteiger partial charge >= 0.3 is 0 Å². The molecule has 1 fully saturated rings. The van der Waals surface area contributed by atoms with Gasteiger partial charge in [0.1, 0.15) is 5.60 Å². The van der Waals surface area contributed by atoms with Crippen molar-refractivity contribution in [1.82, 2.24) is 0 Å². The molecule has 1 aliphatic heterocycles. The van der Waals surface area contributed by atoms with Crippen LogP contribution < -0.4 is 0 Å². The van der Waals surface area contributed by atoms with Gasteiger partial charge < -0.3 is 4.74 Å². The molecule has 0 aromatic heterocycles. The fourth-order valence-corrected chi connectivity index (χ4v) is 1.84. The Bertz CT molecular complexity index is 235. The van der Waals surface area contributed by atoms with E-state index in [2.05, 4.69) is 0 Å². The van der Waals surface area contributed by atoms with Gasteiger partial charge in [-0.1, -0.05) is 6.92 Å². The zero-order valence-electron chi connectivity index (χ0n) is 7.37. The Morgan fingerprint density at radius 2 is 2.00 bits per heavy atom. The van der Waals surface area contributed by atoms with Gasteiger partial charge in [0.2, 0.25) is 0 Å². The summed E-state index contributed by atoms with van der Waals surface area (Å²) in [6, 6.07) is 0. The third kappa shape index (κ3) is 1.97. The van der Waals surface area contributed by atoms with Gasteiger partial charge in [-0.2, -0.15) is 8.42 Å². The number of ether oxygens (including phenoxy) is 1. The molecular weight excluding hydrogens is 180 g/mol. The minimum Gasteiger partial charge on any atom is -0.375 e. The Morgan fingerprint density at radius 3 is 2.25 bits per heavy atom. The van der Waals surface area contributed by atoms with Crippen molar-refractivity contribution in [3.05, 3.63) is 0 Å². The van der Waals surface area contributed by atoms with Gasteiger partial charge in [0.05, 0.1) is 19.0 Å². The Balaban J connectivity index is 2.60. The summed E-state index contributed by atoms with van der Waals surface area (Å²) in [5.41, 5.74) is -0.561. The van der Waals surface area contributed by atoms with Crippen molar-refractivity contribution >= 4 is 10.1 Å². The smallest absolute Gasteiger partial charge is 0.267 e. The lowest BCUT2D eigenvalue weighted by Crippen LogP contribution is -2.52. The number of hydrogen-bond acceptors (Lipinski definition) is 4. The zero-order valence-corrected chi connectivity index (χ0v) is 8.19. The van der Waals surface area contributed by atoms with E-state index in [-0.39, 0.29) is 5.75 Å². The molecule has 12 heavy (non-hydrogen) atoms. The second-order valence-electron chi connectivity index (χ2n) is 2.96. The molecule has 0 unspecified atom stereocenters. The molecule has 4 nitrogen and oxygen atoms in total. The van der Waals surface area contributed by atoms with Crippen molar-refractivity contribution in [2.75, 3.05) is 19.0 Å². The fraction of sp³-hybridized carbons (Fsp3) is 1.00. The van der Waals surface area contributed by atoms with E-state index in [0.717, 1.165) is 0 Å². The minimum absolute atomic E-state index is 0.0226. The zero-order chi connectivity index (χ0) is 9.24. The monoisotopic (exact) mass is 194 g/mol. The van der Waals surface area contributed by atoms with Crippen LogP contribution in [0.5, 0.6) is 0 Å². The van der Waals surface area contributed by atoms with Crippen molar-refractivity contribution < 1.29 is 17.3 Å². The predicted octanol–water partition coefficient (Wildman–Crippen LogP) is 0.532. The van der Waals surface area contributed by atoms with Crippen LogP contribution in [0.1, 0.15) is 20.3 Å². The van der Waals surface area contributed by atoms with Crippen molar-refractivity contribution in [3.63, 3.8) is 0 Å². The molecule has 1 heterocycles. The van der Waals surface area contributed by atoms with Crippen molar-refractivity contribution in [3.8, 4) is 0 Å². The highest BCUT2D eigenvalue weighted by atomic mass is 32.2. The van der Waals surface area contributed by atoms with Gasteiger partial charge in [0, 0.05) is 0 Å². The first-order chi connectivity index (χ1) is 5.54. The van der Waals surface area contributed by atoms with E-state index in [1.54, 1.807) is 6.92 Å². The average Bonchev–Trinajstić information content (AvgIpc) is 1.97. The summed E-state index contributed by atoms with van der Waals surface area (Å²) >= 11 is 0. The summed E-state index contributed by atoms with van der Waals surface area (Å²) in [6.07, 6.45) is 0.673. The topological polar surface area (TPSA) is 52.6 Å². The van der Waals surface area contributed by atoms with E-state index in [0.29, 0.717) is 19.6 Å². The quantitative estimate of drug-likeness (QED) is 0.613. The van der Waals surface area contributed by atoms with Gasteiger partial charge in [-0.15, -0.1) is 0 Å². The van der Waals surface area contributed by atoms with E-state index in [1.807, 2.05) is 6.92 Å². The maximum atomic E-state index is 11.1. The second kappa shape index (κ2) is 3.32. The molecule has 0 aliphatic carbocycles. The Hall–Kier alpha value is -0.130. The summed E-state index contributed by atoms with van der Waals surface area (Å²) in [4.78, 5) is 0.